The molecule has 25 heavy (non-hydrogen) atoms. The number of nitrogens with zero attached hydrogens (tertiary/aromatic N) is 3. The Kier molecular flexibility index (Phi) is 5.50. The van der Waals surface area contributed by atoms with E-state index >= 15 is 0 Å². The van der Waals surface area contributed by atoms with E-state index in [4.69, 9.17) is 0 Å². The first-order valence-electron chi connectivity index (χ1n) is 8.10. The lowest BCUT2D eigenvalue weighted by molar-refractivity contribution is -0.115. The molecule has 1 amide bonds. The van der Waals surface area contributed by atoms with Crippen molar-refractivity contribution in [1.29, 1.82) is 0 Å². The van der Waals surface area contributed by atoms with Gasteiger partial charge in [0.25, 0.3) is 0 Å². The second kappa shape index (κ2) is 7.98. The van der Waals surface area contributed by atoms with E-state index in [2.05, 4.69) is 41.3 Å². The number of aromatic nitrogens is 3. The smallest absolute Gasteiger partial charge is 0.228 e. The summed E-state index contributed by atoms with van der Waals surface area (Å²) in [5.74, 6) is 0.704. The molecule has 0 unspecified atom stereocenters. The molecule has 2 aromatic heterocycles. The van der Waals surface area contributed by atoms with Crippen LogP contribution in [0, 0.1) is 0 Å². The third-order valence-corrected chi connectivity index (χ3v) is 4.48. The number of hydrogen-bond donors (Lipinski definition) is 1. The summed E-state index contributed by atoms with van der Waals surface area (Å²) in [6.45, 7) is 4.33. The minimum Gasteiger partial charge on any atom is -0.324 e. The summed E-state index contributed by atoms with van der Waals surface area (Å²) >= 11 is 1.81. The molecule has 6 heteroatoms. The topological polar surface area (TPSA) is 59.8 Å². The summed E-state index contributed by atoms with van der Waals surface area (Å²) in [5.41, 5.74) is 1.68. The number of imidazole rings is 1. The van der Waals surface area contributed by atoms with Crippen LogP contribution in [0.5, 0.6) is 0 Å². The van der Waals surface area contributed by atoms with Crippen LogP contribution in [0.3, 0.4) is 0 Å². The van der Waals surface area contributed by atoms with Gasteiger partial charge in [-0.05, 0) is 29.8 Å². The van der Waals surface area contributed by atoms with E-state index in [1.54, 1.807) is 18.7 Å². The van der Waals surface area contributed by atoms with Crippen molar-refractivity contribution in [3.63, 3.8) is 0 Å². The molecule has 1 N–H and O–H groups in total. The second-order valence-corrected chi connectivity index (χ2v) is 7.56. The standard InChI is InChI=1S/C19H20N4OS/c1-14(2)25-17-6-3-15(4-7-17)11-19(24)22-16-5-8-18(21-12-16)23-10-9-20-13-23/h3-10,12-14H,11H2,1-2H3,(H,22,24). The minimum atomic E-state index is -0.0542. The SMILES string of the molecule is CC(C)Sc1ccc(CC(=O)Nc2ccc(-n3ccnc3)nc2)cc1. The summed E-state index contributed by atoms with van der Waals surface area (Å²) in [5, 5.41) is 3.43. The highest BCUT2D eigenvalue weighted by molar-refractivity contribution is 7.99. The van der Waals surface area contributed by atoms with Crippen LogP contribution in [0.1, 0.15) is 19.4 Å². The Morgan fingerprint density at radius 2 is 2.00 bits per heavy atom. The molecule has 0 spiro atoms. The number of rotatable bonds is 6. The zero-order chi connectivity index (χ0) is 17.6. The molecule has 1 aromatic carbocycles. The predicted molar refractivity (Wildman–Crippen MR) is 101 cm³/mol. The summed E-state index contributed by atoms with van der Waals surface area (Å²) in [4.78, 5) is 21.7. The lowest BCUT2D eigenvalue weighted by Gasteiger charge is -2.08. The third-order valence-electron chi connectivity index (χ3n) is 3.46. The lowest BCUT2D eigenvalue weighted by Crippen LogP contribution is -2.14. The Morgan fingerprint density at radius 3 is 2.60 bits per heavy atom. The highest BCUT2D eigenvalue weighted by Gasteiger charge is 2.06. The van der Waals surface area contributed by atoms with Crippen LogP contribution >= 0.6 is 11.8 Å². The molecule has 0 saturated carbocycles. The van der Waals surface area contributed by atoms with Crippen molar-refractivity contribution in [2.75, 3.05) is 5.32 Å². The van der Waals surface area contributed by atoms with Gasteiger partial charge in [0.2, 0.25) is 5.91 Å². The Balaban J connectivity index is 1.57. The molecule has 0 bridgehead atoms. The molecular weight excluding hydrogens is 332 g/mol. The summed E-state index contributed by atoms with van der Waals surface area (Å²) in [6.07, 6.45) is 7.19. The van der Waals surface area contributed by atoms with Gasteiger partial charge in [-0.3, -0.25) is 9.36 Å². The third kappa shape index (κ3) is 4.93. The summed E-state index contributed by atoms with van der Waals surface area (Å²) in [7, 11) is 0. The summed E-state index contributed by atoms with van der Waals surface area (Å²) < 4.78 is 1.81. The largest absolute Gasteiger partial charge is 0.324 e. The molecular formula is C19H20N4OS. The van der Waals surface area contributed by atoms with Gasteiger partial charge in [0.15, 0.2) is 0 Å². The van der Waals surface area contributed by atoms with Crippen LogP contribution in [-0.2, 0) is 11.2 Å². The Labute approximate surface area is 151 Å². The van der Waals surface area contributed by atoms with Gasteiger partial charge in [0, 0.05) is 22.5 Å². The molecule has 5 nitrogen and oxygen atoms in total. The fourth-order valence-corrected chi connectivity index (χ4v) is 3.19. The van der Waals surface area contributed by atoms with Crippen molar-refractivity contribution in [2.24, 2.45) is 0 Å². The Hall–Kier alpha value is -2.60. The monoisotopic (exact) mass is 352 g/mol. The second-order valence-electron chi connectivity index (χ2n) is 5.91. The van der Waals surface area contributed by atoms with Crippen LogP contribution in [-0.4, -0.2) is 25.7 Å². The highest BCUT2D eigenvalue weighted by atomic mass is 32.2. The van der Waals surface area contributed by atoms with E-state index < -0.39 is 0 Å². The fourth-order valence-electron chi connectivity index (χ4n) is 2.36. The molecule has 0 radical (unpaired) electrons. The average molecular weight is 352 g/mol. The maximum Gasteiger partial charge on any atom is 0.228 e. The molecule has 0 aliphatic carbocycles. The number of amides is 1. The number of thioether (sulfide) groups is 1. The van der Waals surface area contributed by atoms with Gasteiger partial charge in [0.05, 0.1) is 18.3 Å². The maximum absolute atomic E-state index is 12.2. The van der Waals surface area contributed by atoms with Crippen LogP contribution < -0.4 is 5.32 Å². The van der Waals surface area contributed by atoms with Crippen LogP contribution in [0.15, 0.2) is 66.2 Å². The van der Waals surface area contributed by atoms with Crippen molar-refractivity contribution in [3.8, 4) is 5.82 Å². The Morgan fingerprint density at radius 1 is 1.20 bits per heavy atom. The number of carbonyl (C=O) groups is 1. The molecule has 2 heterocycles. The van der Waals surface area contributed by atoms with E-state index in [1.165, 1.54) is 4.90 Å². The lowest BCUT2D eigenvalue weighted by atomic mass is 10.1. The first kappa shape index (κ1) is 17.2. The van der Waals surface area contributed by atoms with Gasteiger partial charge < -0.3 is 5.32 Å². The number of carbonyl (C=O) groups excluding carboxylic acids is 1. The van der Waals surface area contributed by atoms with Gasteiger partial charge in [-0.1, -0.05) is 26.0 Å². The van der Waals surface area contributed by atoms with Crippen molar-refractivity contribution >= 4 is 23.4 Å². The van der Waals surface area contributed by atoms with Crippen molar-refractivity contribution < 1.29 is 4.79 Å². The van der Waals surface area contributed by atoms with E-state index in [-0.39, 0.29) is 5.91 Å². The predicted octanol–water partition coefficient (Wildman–Crippen LogP) is 3.95. The van der Waals surface area contributed by atoms with E-state index in [1.807, 2.05) is 46.8 Å². The van der Waals surface area contributed by atoms with Gasteiger partial charge in [-0.25, -0.2) is 9.97 Å². The van der Waals surface area contributed by atoms with Crippen LogP contribution in [0.2, 0.25) is 0 Å². The van der Waals surface area contributed by atoms with Gasteiger partial charge >= 0.3 is 0 Å². The van der Waals surface area contributed by atoms with Crippen molar-refractivity contribution in [2.45, 2.75) is 30.4 Å². The van der Waals surface area contributed by atoms with Gasteiger partial charge in [-0.15, -0.1) is 11.8 Å². The molecule has 3 aromatic rings. The van der Waals surface area contributed by atoms with Gasteiger partial charge in [-0.2, -0.15) is 0 Å². The number of benzene rings is 1. The van der Waals surface area contributed by atoms with Gasteiger partial charge in [0.1, 0.15) is 12.1 Å². The molecule has 0 saturated heterocycles. The number of pyridine rings is 1. The molecule has 0 atom stereocenters. The molecule has 128 valence electrons. The number of nitrogens with one attached hydrogen (secondary N) is 1. The zero-order valence-corrected chi connectivity index (χ0v) is 15.0. The number of anilines is 1. The van der Waals surface area contributed by atoms with E-state index in [0.717, 1.165) is 11.4 Å². The quantitative estimate of drug-likeness (QED) is 0.683. The van der Waals surface area contributed by atoms with Crippen molar-refractivity contribution in [1.82, 2.24) is 14.5 Å². The first-order valence-corrected chi connectivity index (χ1v) is 8.98. The molecule has 0 aliphatic rings. The summed E-state index contributed by atoms with van der Waals surface area (Å²) in [6, 6.07) is 11.8. The highest BCUT2D eigenvalue weighted by Crippen LogP contribution is 2.23. The number of hydrogen-bond acceptors (Lipinski definition) is 4. The van der Waals surface area contributed by atoms with Crippen LogP contribution in [0.25, 0.3) is 5.82 Å². The minimum absolute atomic E-state index is 0.0542. The molecule has 0 aliphatic heterocycles. The molecule has 0 fully saturated rings. The maximum atomic E-state index is 12.2. The van der Waals surface area contributed by atoms with Crippen molar-refractivity contribution in [3.05, 3.63) is 66.9 Å². The van der Waals surface area contributed by atoms with Crippen LogP contribution in [0.4, 0.5) is 5.69 Å². The average Bonchev–Trinajstić information content (AvgIpc) is 3.11. The Bertz CT molecular complexity index is 812. The fraction of sp³-hybridized carbons (Fsp3) is 0.211. The van der Waals surface area contributed by atoms with E-state index in [9.17, 15) is 4.79 Å². The van der Waals surface area contributed by atoms with E-state index in [0.29, 0.717) is 17.4 Å². The molecule has 3 rings (SSSR count). The first-order chi connectivity index (χ1) is 12.1. The normalized spacial score (nSPS) is 10.8. The zero-order valence-electron chi connectivity index (χ0n) is 14.2.